The molecule has 0 saturated carbocycles. The summed E-state index contributed by atoms with van der Waals surface area (Å²) in [4.78, 5) is 69.9. The standard InChI is InChI=1S/C43H47N7O6/c1-28(51)10-14-38(29(2)52)50-41(53)34-13-12-32(24-35(34)42(50)54)55-23-7-3-6-19-47-20-16-31(17-21-47)56-33-26-48(27-33)40-15-11-30(25-44-40)36-18-22-49-39-9-5-4-8-37(39)46-43(49)45-36/h4-5,8-9,11-13,15,18,22,24-25,31,33,38H,3,6-7,10,14,16-17,19-21,23,26-27H2,1-2H3. The molecule has 13 heteroatoms. The van der Waals surface area contributed by atoms with Crippen molar-refractivity contribution >= 4 is 46.0 Å². The van der Waals surface area contributed by atoms with Gasteiger partial charge in [-0.05, 0) is 107 Å². The number of Topliss-reactive ketones (excluding diaryl/α,β-unsaturated/α-hetero) is 2. The number of amides is 2. The minimum atomic E-state index is -0.951. The summed E-state index contributed by atoms with van der Waals surface area (Å²) in [6.45, 7) is 8.08. The van der Waals surface area contributed by atoms with Gasteiger partial charge in [0.25, 0.3) is 11.8 Å². The van der Waals surface area contributed by atoms with Crippen LogP contribution in [0.5, 0.6) is 5.75 Å². The second-order valence-electron chi connectivity index (χ2n) is 15.2. The number of hydrogen-bond acceptors (Lipinski definition) is 11. The van der Waals surface area contributed by atoms with Crippen LogP contribution in [0.4, 0.5) is 5.82 Å². The van der Waals surface area contributed by atoms with Crippen LogP contribution in [0.2, 0.25) is 0 Å². The summed E-state index contributed by atoms with van der Waals surface area (Å²) in [5, 5.41) is 0. The highest BCUT2D eigenvalue weighted by atomic mass is 16.5. The number of anilines is 1. The van der Waals surface area contributed by atoms with Crippen molar-refractivity contribution in [3.05, 3.63) is 84.2 Å². The van der Waals surface area contributed by atoms with Gasteiger partial charge in [0.05, 0.1) is 52.7 Å². The van der Waals surface area contributed by atoms with Crippen LogP contribution in [0.25, 0.3) is 28.1 Å². The number of ether oxygens (including phenoxy) is 2. The Kier molecular flexibility index (Phi) is 10.9. The molecule has 0 spiro atoms. The fourth-order valence-electron chi connectivity index (χ4n) is 7.96. The number of benzene rings is 2. The number of unbranched alkanes of at least 4 members (excludes halogenated alkanes) is 2. The normalized spacial score (nSPS) is 17.1. The van der Waals surface area contributed by atoms with Crippen molar-refractivity contribution in [1.29, 1.82) is 0 Å². The van der Waals surface area contributed by atoms with Gasteiger partial charge in [0.15, 0.2) is 5.78 Å². The molecule has 2 saturated heterocycles. The smallest absolute Gasteiger partial charge is 0.262 e. The molecule has 2 aromatic carbocycles. The molecule has 290 valence electrons. The van der Waals surface area contributed by atoms with Gasteiger partial charge >= 0.3 is 0 Å². The van der Waals surface area contributed by atoms with E-state index in [0.29, 0.717) is 18.1 Å². The van der Waals surface area contributed by atoms with E-state index < -0.39 is 17.9 Å². The Hall–Kier alpha value is -5.53. The lowest BCUT2D eigenvalue weighted by Gasteiger charge is -2.43. The van der Waals surface area contributed by atoms with Crippen molar-refractivity contribution in [2.24, 2.45) is 0 Å². The summed E-state index contributed by atoms with van der Waals surface area (Å²) in [6.07, 6.45) is 9.71. The first kappa shape index (κ1) is 37.4. The number of hydrogen-bond donors (Lipinski definition) is 0. The molecule has 3 aromatic heterocycles. The maximum Gasteiger partial charge on any atom is 0.262 e. The zero-order valence-electron chi connectivity index (χ0n) is 31.9. The number of carbonyl (C=O) groups excluding carboxylic acids is 4. The van der Waals surface area contributed by atoms with Gasteiger partial charge in [-0.15, -0.1) is 0 Å². The molecule has 13 nitrogen and oxygen atoms in total. The van der Waals surface area contributed by atoms with E-state index in [-0.39, 0.29) is 47.7 Å². The van der Waals surface area contributed by atoms with E-state index in [2.05, 4.69) is 26.9 Å². The highest BCUT2D eigenvalue weighted by Gasteiger charge is 2.42. The van der Waals surface area contributed by atoms with E-state index >= 15 is 0 Å². The van der Waals surface area contributed by atoms with E-state index in [1.165, 1.54) is 13.8 Å². The van der Waals surface area contributed by atoms with Gasteiger partial charge in [0, 0.05) is 50.6 Å². The minimum Gasteiger partial charge on any atom is -0.494 e. The highest BCUT2D eigenvalue weighted by molar-refractivity contribution is 6.23. The summed E-state index contributed by atoms with van der Waals surface area (Å²) >= 11 is 0. The molecule has 3 aliphatic heterocycles. The SMILES string of the molecule is CC(=O)CCC(C(C)=O)N1C(=O)c2ccc(OCCCCCN3CCC(OC4CN(c5ccc(-c6ccn7c(n6)nc6ccccc67)cn5)C4)CC3)cc2C1=O. The van der Waals surface area contributed by atoms with E-state index in [4.69, 9.17) is 19.4 Å². The highest BCUT2D eigenvalue weighted by Crippen LogP contribution is 2.31. The second kappa shape index (κ2) is 16.3. The Bertz CT molecular complexity index is 2260. The van der Waals surface area contributed by atoms with E-state index in [1.807, 2.05) is 47.1 Å². The largest absolute Gasteiger partial charge is 0.494 e. The monoisotopic (exact) mass is 757 g/mol. The summed E-state index contributed by atoms with van der Waals surface area (Å²) < 4.78 is 14.4. The number of piperidine rings is 1. The molecule has 0 radical (unpaired) electrons. The van der Waals surface area contributed by atoms with Gasteiger partial charge < -0.3 is 24.1 Å². The van der Waals surface area contributed by atoms with Crippen LogP contribution in [-0.4, -0.2) is 110 Å². The van der Waals surface area contributed by atoms with Crippen LogP contribution in [0.3, 0.4) is 0 Å². The van der Waals surface area contributed by atoms with Gasteiger partial charge in [-0.3, -0.25) is 23.7 Å². The van der Waals surface area contributed by atoms with E-state index in [9.17, 15) is 19.2 Å². The molecule has 0 N–H and O–H groups in total. The molecule has 56 heavy (non-hydrogen) atoms. The third-order valence-electron chi connectivity index (χ3n) is 11.1. The quantitative estimate of drug-likeness (QED) is 0.0894. The molecule has 1 unspecified atom stereocenters. The van der Waals surface area contributed by atoms with Gasteiger partial charge in [-0.25, -0.2) is 15.0 Å². The number of imidazole rings is 1. The maximum absolute atomic E-state index is 13.2. The fourth-order valence-corrected chi connectivity index (χ4v) is 7.96. The summed E-state index contributed by atoms with van der Waals surface area (Å²) in [7, 11) is 0. The predicted molar refractivity (Wildman–Crippen MR) is 211 cm³/mol. The summed E-state index contributed by atoms with van der Waals surface area (Å²) in [6, 6.07) is 18.1. The topological polar surface area (TPSA) is 140 Å². The summed E-state index contributed by atoms with van der Waals surface area (Å²) in [5.74, 6) is 0.714. The Morgan fingerprint density at radius 1 is 0.875 bits per heavy atom. The number of likely N-dealkylation sites (tertiary alicyclic amines) is 1. The van der Waals surface area contributed by atoms with Crippen LogP contribution in [0.15, 0.2) is 73.1 Å². The Morgan fingerprint density at radius 2 is 1.68 bits per heavy atom. The van der Waals surface area contributed by atoms with Crippen molar-refractivity contribution in [2.75, 3.05) is 44.2 Å². The average molecular weight is 758 g/mol. The molecular weight excluding hydrogens is 711 g/mol. The Balaban J connectivity index is 0.710. The number of para-hydroxylation sites is 2. The third kappa shape index (κ3) is 7.92. The number of ketones is 2. The predicted octanol–water partition coefficient (Wildman–Crippen LogP) is 5.79. The molecule has 3 aliphatic rings. The number of rotatable bonds is 16. The number of aromatic nitrogens is 4. The van der Waals surface area contributed by atoms with Crippen LogP contribution >= 0.6 is 0 Å². The zero-order valence-corrected chi connectivity index (χ0v) is 31.9. The Morgan fingerprint density at radius 3 is 2.45 bits per heavy atom. The van der Waals surface area contributed by atoms with Gasteiger partial charge in [-0.1, -0.05) is 12.1 Å². The lowest BCUT2D eigenvalue weighted by atomic mass is 10.0. The minimum absolute atomic E-state index is 0.0961. The van der Waals surface area contributed by atoms with Crippen LogP contribution in [0, 0.1) is 0 Å². The molecule has 0 aliphatic carbocycles. The van der Waals surface area contributed by atoms with Crippen LogP contribution in [-0.2, 0) is 14.3 Å². The molecule has 1 atom stereocenters. The van der Waals surface area contributed by atoms with Crippen LogP contribution in [0.1, 0.15) is 79.5 Å². The molecule has 0 bridgehead atoms. The molecule has 2 amide bonds. The van der Waals surface area contributed by atoms with Gasteiger partial charge in [0.2, 0.25) is 5.78 Å². The zero-order chi connectivity index (χ0) is 38.8. The average Bonchev–Trinajstić information content (AvgIpc) is 3.68. The van der Waals surface area contributed by atoms with Crippen molar-refractivity contribution in [3.8, 4) is 17.0 Å². The fraction of sp³-hybridized carbons (Fsp3) is 0.419. The number of fused-ring (bicyclic) bond motifs is 4. The first-order chi connectivity index (χ1) is 27.2. The number of nitrogens with zero attached hydrogens (tertiary/aromatic N) is 7. The van der Waals surface area contributed by atoms with Crippen molar-refractivity contribution in [3.63, 3.8) is 0 Å². The maximum atomic E-state index is 13.2. The van der Waals surface area contributed by atoms with Crippen molar-refractivity contribution in [1.82, 2.24) is 29.2 Å². The lowest BCUT2D eigenvalue weighted by molar-refractivity contribution is -0.121. The van der Waals surface area contributed by atoms with E-state index in [0.717, 1.165) is 97.8 Å². The number of carbonyl (C=O) groups is 4. The molecule has 6 heterocycles. The second-order valence-corrected chi connectivity index (χ2v) is 15.2. The first-order valence-electron chi connectivity index (χ1n) is 19.7. The molecular formula is C43H47N7O6. The van der Waals surface area contributed by atoms with Gasteiger partial charge in [0.1, 0.15) is 17.4 Å². The molecule has 8 rings (SSSR count). The third-order valence-corrected chi connectivity index (χ3v) is 11.1. The Labute approximate surface area is 325 Å². The van der Waals surface area contributed by atoms with Gasteiger partial charge in [-0.2, -0.15) is 0 Å². The number of pyridine rings is 1. The number of imide groups is 1. The van der Waals surface area contributed by atoms with Crippen molar-refractivity contribution in [2.45, 2.75) is 77.0 Å². The lowest BCUT2D eigenvalue weighted by Crippen LogP contribution is -2.54. The molecule has 5 aromatic rings. The van der Waals surface area contributed by atoms with E-state index in [1.54, 1.807) is 18.2 Å². The molecule has 2 fully saturated rings. The van der Waals surface area contributed by atoms with Crippen LogP contribution < -0.4 is 9.64 Å². The van der Waals surface area contributed by atoms with Crippen molar-refractivity contribution < 1.29 is 28.7 Å². The first-order valence-corrected chi connectivity index (χ1v) is 19.7. The summed E-state index contributed by atoms with van der Waals surface area (Å²) in [5.41, 5.74) is 4.27.